The number of fused-ring (bicyclic) bond motifs is 4. The van der Waals surface area contributed by atoms with Crippen LogP contribution in [0.4, 0.5) is 5.69 Å². The number of thioether (sulfide) groups is 1. The lowest BCUT2D eigenvalue weighted by Crippen LogP contribution is -2.19. The summed E-state index contributed by atoms with van der Waals surface area (Å²) in [5.41, 5.74) is 6.17. The first-order valence-corrected chi connectivity index (χ1v) is 14.2. The molecule has 4 heteroatoms. The van der Waals surface area contributed by atoms with E-state index in [0.29, 0.717) is 0 Å². The summed E-state index contributed by atoms with van der Waals surface area (Å²) in [5, 5.41) is 4.82. The number of hydrogen-bond acceptors (Lipinski definition) is 4. The number of nitrogens with zero attached hydrogens (tertiary/aromatic N) is 2. The molecule has 0 amide bonds. The molecule has 36 heavy (non-hydrogen) atoms. The topological polar surface area (TPSA) is 16.1 Å². The van der Waals surface area contributed by atoms with Gasteiger partial charge in [0.1, 0.15) is 5.01 Å². The number of aromatic nitrogens is 1. The van der Waals surface area contributed by atoms with Crippen LogP contribution in [0.2, 0.25) is 0 Å². The van der Waals surface area contributed by atoms with Crippen molar-refractivity contribution < 1.29 is 0 Å². The lowest BCUT2D eigenvalue weighted by atomic mass is 10.0. The van der Waals surface area contributed by atoms with E-state index in [1.807, 2.05) is 11.8 Å². The second kappa shape index (κ2) is 9.96. The van der Waals surface area contributed by atoms with Gasteiger partial charge in [-0.3, -0.25) is 0 Å². The Morgan fingerprint density at radius 1 is 0.917 bits per heavy atom. The first-order valence-electron chi connectivity index (χ1n) is 12.5. The third kappa shape index (κ3) is 4.47. The molecule has 0 fully saturated rings. The van der Waals surface area contributed by atoms with Crippen LogP contribution in [0.5, 0.6) is 0 Å². The number of unbranched alkanes of at least 4 members (excludes halogenated alkanes) is 1. The van der Waals surface area contributed by atoms with Crippen LogP contribution in [-0.2, 0) is 0 Å². The minimum absolute atomic E-state index is 1.03. The van der Waals surface area contributed by atoms with Gasteiger partial charge in [-0.15, -0.1) is 11.3 Å². The van der Waals surface area contributed by atoms with Gasteiger partial charge in [0.25, 0.3) is 0 Å². The van der Waals surface area contributed by atoms with Gasteiger partial charge in [0.2, 0.25) is 0 Å². The van der Waals surface area contributed by atoms with E-state index in [1.54, 1.807) is 11.3 Å². The van der Waals surface area contributed by atoms with Crippen molar-refractivity contribution in [2.24, 2.45) is 0 Å². The summed E-state index contributed by atoms with van der Waals surface area (Å²) in [6, 6.07) is 30.4. The van der Waals surface area contributed by atoms with Crippen molar-refractivity contribution in [3.63, 3.8) is 0 Å². The normalized spacial score (nSPS) is 14.8. The fraction of sp³-hybridized carbons (Fsp3) is 0.156. The molecule has 4 aromatic carbocycles. The second-order valence-corrected chi connectivity index (χ2v) is 11.3. The van der Waals surface area contributed by atoms with E-state index in [1.165, 1.54) is 60.6 Å². The smallest absolute Gasteiger partial charge is 0.117 e. The number of hydrogen-bond donors (Lipinski definition) is 0. The number of rotatable bonds is 6. The van der Waals surface area contributed by atoms with Crippen LogP contribution in [0.25, 0.3) is 38.2 Å². The number of thiazole rings is 1. The summed E-state index contributed by atoms with van der Waals surface area (Å²) in [7, 11) is 0. The molecule has 0 unspecified atom stereocenters. The summed E-state index contributed by atoms with van der Waals surface area (Å²) in [6.45, 7) is 5.48. The molecule has 0 aliphatic carbocycles. The predicted octanol–water partition coefficient (Wildman–Crippen LogP) is 9.77. The second-order valence-electron chi connectivity index (χ2n) is 9.21. The summed E-state index contributed by atoms with van der Waals surface area (Å²) in [5.74, 6) is 0. The first kappa shape index (κ1) is 23.1. The van der Waals surface area contributed by atoms with E-state index < -0.39 is 0 Å². The molecule has 0 saturated carbocycles. The monoisotopic (exact) mass is 504 g/mol. The minimum atomic E-state index is 1.03. The number of allylic oxidation sites excluding steroid dienone is 2. The fourth-order valence-electron chi connectivity index (χ4n) is 4.74. The van der Waals surface area contributed by atoms with Crippen LogP contribution < -0.4 is 4.90 Å². The zero-order valence-corrected chi connectivity index (χ0v) is 22.2. The Bertz CT molecular complexity index is 1610. The Hall–Kier alpha value is -3.34. The van der Waals surface area contributed by atoms with Gasteiger partial charge in [-0.05, 0) is 65.8 Å². The predicted molar refractivity (Wildman–Crippen MR) is 159 cm³/mol. The van der Waals surface area contributed by atoms with Gasteiger partial charge in [0.05, 0.1) is 20.9 Å². The number of benzene rings is 4. The van der Waals surface area contributed by atoms with Crippen molar-refractivity contribution in [3.8, 4) is 11.1 Å². The molecule has 2 heterocycles. The lowest BCUT2D eigenvalue weighted by molar-refractivity contribution is 0.779. The molecule has 1 aromatic heterocycles. The summed E-state index contributed by atoms with van der Waals surface area (Å²) >= 11 is 3.64. The Balaban J connectivity index is 1.34. The van der Waals surface area contributed by atoms with Crippen LogP contribution >= 0.6 is 23.1 Å². The van der Waals surface area contributed by atoms with Crippen molar-refractivity contribution in [1.29, 1.82) is 0 Å². The van der Waals surface area contributed by atoms with Gasteiger partial charge >= 0.3 is 0 Å². The largest absolute Gasteiger partial charge is 0.335 e. The third-order valence-corrected chi connectivity index (χ3v) is 8.66. The first-order chi connectivity index (χ1) is 17.7. The molecule has 0 saturated heterocycles. The highest BCUT2D eigenvalue weighted by molar-refractivity contribution is 8.03. The fourth-order valence-corrected chi connectivity index (χ4v) is 6.91. The molecular weight excluding hydrogens is 477 g/mol. The van der Waals surface area contributed by atoms with Crippen LogP contribution in [0.15, 0.2) is 107 Å². The molecule has 5 aromatic rings. The highest BCUT2D eigenvalue weighted by Gasteiger charge is 2.25. The van der Waals surface area contributed by atoms with E-state index in [0.717, 1.165) is 17.1 Å². The van der Waals surface area contributed by atoms with E-state index in [4.69, 9.17) is 4.98 Å². The quantitative estimate of drug-likeness (QED) is 0.229. The van der Waals surface area contributed by atoms with Gasteiger partial charge in [-0.25, -0.2) is 4.98 Å². The highest BCUT2D eigenvalue weighted by atomic mass is 32.2. The lowest BCUT2D eigenvalue weighted by Gasteiger charge is -2.21. The van der Waals surface area contributed by atoms with Crippen molar-refractivity contribution >= 4 is 55.9 Å². The molecule has 0 bridgehead atoms. The zero-order chi connectivity index (χ0) is 24.5. The van der Waals surface area contributed by atoms with Crippen molar-refractivity contribution in [2.45, 2.75) is 31.6 Å². The maximum absolute atomic E-state index is 5.00. The molecule has 0 spiro atoms. The minimum Gasteiger partial charge on any atom is -0.335 e. The highest BCUT2D eigenvalue weighted by Crippen LogP contribution is 2.48. The van der Waals surface area contributed by atoms with Gasteiger partial charge in [0, 0.05) is 16.8 Å². The molecule has 0 radical (unpaired) electrons. The van der Waals surface area contributed by atoms with Gasteiger partial charge in [0.15, 0.2) is 0 Å². The maximum Gasteiger partial charge on any atom is 0.117 e. The SMILES string of the molecule is CCCCN1C(=CC(C)=Cc2nc3c(ccc4ccccc43)s2)Sc2ccc(-c3ccccc3)cc21. The van der Waals surface area contributed by atoms with E-state index in [2.05, 4.69) is 116 Å². The Labute approximate surface area is 221 Å². The zero-order valence-electron chi connectivity index (χ0n) is 20.6. The van der Waals surface area contributed by atoms with Crippen LogP contribution in [-0.4, -0.2) is 11.5 Å². The van der Waals surface area contributed by atoms with E-state index in [9.17, 15) is 0 Å². The average molecular weight is 505 g/mol. The van der Waals surface area contributed by atoms with Crippen molar-refractivity contribution in [3.05, 3.63) is 107 Å². The van der Waals surface area contributed by atoms with Gasteiger partial charge in [-0.1, -0.05) is 91.8 Å². The van der Waals surface area contributed by atoms with Crippen LogP contribution in [0, 0.1) is 0 Å². The molecule has 0 N–H and O–H groups in total. The summed E-state index contributed by atoms with van der Waals surface area (Å²) < 4.78 is 1.24. The molecule has 0 atom stereocenters. The third-order valence-electron chi connectivity index (χ3n) is 6.58. The summed E-state index contributed by atoms with van der Waals surface area (Å²) in [4.78, 5) is 8.83. The molecule has 6 rings (SSSR count). The molecular formula is C32H28N2S2. The standard InChI is InChI=1S/C32H28N2S2/c1-3-4-18-34-27-21-25(23-10-6-5-7-11-23)15-16-28(27)36-31(34)20-22(2)19-30-33-32-26-13-9-8-12-24(26)14-17-29(32)35-30/h5-17,19-21H,3-4,18H2,1-2H3. The Kier molecular flexibility index (Phi) is 6.39. The number of anilines is 1. The van der Waals surface area contributed by atoms with Crippen molar-refractivity contribution in [1.82, 2.24) is 4.98 Å². The molecule has 1 aliphatic heterocycles. The molecule has 178 valence electrons. The van der Waals surface area contributed by atoms with Gasteiger partial charge in [-0.2, -0.15) is 0 Å². The van der Waals surface area contributed by atoms with Crippen molar-refractivity contribution in [2.75, 3.05) is 11.4 Å². The molecule has 2 nitrogen and oxygen atoms in total. The van der Waals surface area contributed by atoms with E-state index in [-0.39, 0.29) is 0 Å². The summed E-state index contributed by atoms with van der Waals surface area (Å²) in [6.07, 6.45) is 6.90. The van der Waals surface area contributed by atoms with Gasteiger partial charge < -0.3 is 4.90 Å². The van der Waals surface area contributed by atoms with Crippen LogP contribution in [0.1, 0.15) is 31.7 Å². The average Bonchev–Trinajstić information content (AvgIpc) is 3.47. The van der Waals surface area contributed by atoms with E-state index >= 15 is 0 Å². The van der Waals surface area contributed by atoms with Crippen LogP contribution in [0.3, 0.4) is 0 Å². The Morgan fingerprint density at radius 2 is 1.75 bits per heavy atom. The maximum atomic E-state index is 5.00. The molecule has 1 aliphatic rings. The Morgan fingerprint density at radius 3 is 2.61 bits per heavy atom.